The highest BCUT2D eigenvalue weighted by molar-refractivity contribution is 5.94. The molecule has 1 aromatic carbocycles. The maximum Gasteiger partial charge on any atom is 0.254 e. The van der Waals surface area contributed by atoms with E-state index in [-0.39, 0.29) is 17.5 Å². The third kappa shape index (κ3) is 3.19. The second-order valence-electron chi connectivity index (χ2n) is 5.23. The van der Waals surface area contributed by atoms with Gasteiger partial charge in [-0.1, -0.05) is 12.1 Å². The zero-order chi connectivity index (χ0) is 16.3. The molecule has 0 bridgehead atoms. The standard InChI is InChI=1S/C17H20N2O3/c1-12(13-5-7-15(22-4)8-6-13)19(3)17(21)14-9-10-18(2)16(20)11-14/h5-12H,1-4H3/t12-/m1/s1. The molecule has 0 radical (unpaired) electrons. The maximum atomic E-state index is 12.5. The van der Waals surface area contributed by atoms with Gasteiger partial charge in [0.15, 0.2) is 0 Å². The first kappa shape index (κ1) is 15.8. The number of hydrogen-bond donors (Lipinski definition) is 0. The van der Waals surface area contributed by atoms with Gasteiger partial charge in [-0.2, -0.15) is 0 Å². The van der Waals surface area contributed by atoms with Crippen molar-refractivity contribution in [3.8, 4) is 5.75 Å². The van der Waals surface area contributed by atoms with E-state index in [0.29, 0.717) is 5.56 Å². The molecule has 5 heteroatoms. The van der Waals surface area contributed by atoms with Crippen molar-refractivity contribution in [3.05, 3.63) is 64.1 Å². The molecule has 22 heavy (non-hydrogen) atoms. The number of carbonyl (C=O) groups is 1. The first-order chi connectivity index (χ1) is 10.4. The molecule has 5 nitrogen and oxygen atoms in total. The first-order valence-corrected chi connectivity index (χ1v) is 7.02. The Bertz CT molecular complexity index is 719. The molecule has 0 saturated carbocycles. The van der Waals surface area contributed by atoms with Crippen LogP contribution < -0.4 is 10.3 Å². The molecule has 0 spiro atoms. The topological polar surface area (TPSA) is 51.5 Å². The van der Waals surface area contributed by atoms with Gasteiger partial charge in [-0.15, -0.1) is 0 Å². The van der Waals surface area contributed by atoms with Crippen LogP contribution in [0.2, 0.25) is 0 Å². The summed E-state index contributed by atoms with van der Waals surface area (Å²) in [5, 5.41) is 0. The van der Waals surface area contributed by atoms with Crippen LogP contribution in [0.1, 0.15) is 28.9 Å². The SMILES string of the molecule is COc1ccc([C@@H](C)N(C)C(=O)c2ccn(C)c(=O)c2)cc1. The van der Waals surface area contributed by atoms with E-state index in [1.54, 1.807) is 38.4 Å². The van der Waals surface area contributed by atoms with Crippen molar-refractivity contribution < 1.29 is 9.53 Å². The predicted molar refractivity (Wildman–Crippen MR) is 85.2 cm³/mol. The van der Waals surface area contributed by atoms with Crippen LogP contribution in [-0.4, -0.2) is 29.5 Å². The average molecular weight is 300 g/mol. The average Bonchev–Trinajstić information content (AvgIpc) is 2.55. The van der Waals surface area contributed by atoms with Gasteiger partial charge in [0.1, 0.15) is 5.75 Å². The Balaban J connectivity index is 2.21. The van der Waals surface area contributed by atoms with E-state index in [0.717, 1.165) is 11.3 Å². The highest BCUT2D eigenvalue weighted by Crippen LogP contribution is 2.22. The summed E-state index contributed by atoms with van der Waals surface area (Å²) in [6.07, 6.45) is 1.60. The normalized spacial score (nSPS) is 11.8. The number of amides is 1. The number of carbonyl (C=O) groups excluding carboxylic acids is 1. The molecular formula is C17H20N2O3. The lowest BCUT2D eigenvalue weighted by atomic mass is 10.1. The molecule has 1 heterocycles. The summed E-state index contributed by atoms with van der Waals surface area (Å²) in [7, 11) is 5.00. The Morgan fingerprint density at radius 3 is 2.41 bits per heavy atom. The van der Waals surface area contributed by atoms with Gasteiger partial charge in [0.2, 0.25) is 0 Å². The minimum absolute atomic E-state index is 0.109. The largest absolute Gasteiger partial charge is 0.497 e. The van der Waals surface area contributed by atoms with E-state index in [4.69, 9.17) is 4.74 Å². The predicted octanol–water partition coefficient (Wildman–Crippen LogP) is 2.23. The third-order valence-electron chi connectivity index (χ3n) is 3.85. The van der Waals surface area contributed by atoms with Crippen LogP contribution >= 0.6 is 0 Å². The summed E-state index contributed by atoms with van der Waals surface area (Å²) in [5.74, 6) is 0.595. The molecule has 0 unspecified atom stereocenters. The van der Waals surface area contributed by atoms with Crippen molar-refractivity contribution in [1.29, 1.82) is 0 Å². The number of aryl methyl sites for hydroxylation is 1. The molecule has 2 rings (SSSR count). The zero-order valence-corrected chi connectivity index (χ0v) is 13.2. The Labute approximate surface area is 129 Å². The number of rotatable bonds is 4. The molecule has 0 aliphatic carbocycles. The molecule has 0 aliphatic rings. The summed E-state index contributed by atoms with van der Waals surface area (Å²) in [6, 6.07) is 10.5. The van der Waals surface area contributed by atoms with Crippen LogP contribution in [-0.2, 0) is 7.05 Å². The summed E-state index contributed by atoms with van der Waals surface area (Å²) >= 11 is 0. The fraction of sp³-hybridized carbons (Fsp3) is 0.294. The second-order valence-corrected chi connectivity index (χ2v) is 5.23. The van der Waals surface area contributed by atoms with Gasteiger partial charge in [0, 0.05) is 31.9 Å². The molecule has 1 aromatic heterocycles. The third-order valence-corrected chi connectivity index (χ3v) is 3.85. The summed E-state index contributed by atoms with van der Waals surface area (Å²) in [6.45, 7) is 1.95. The van der Waals surface area contributed by atoms with Crippen LogP contribution in [0.25, 0.3) is 0 Å². The molecule has 0 fully saturated rings. The molecule has 2 aromatic rings. The van der Waals surface area contributed by atoms with Crippen LogP contribution in [0, 0.1) is 0 Å². The lowest BCUT2D eigenvalue weighted by molar-refractivity contribution is 0.0742. The highest BCUT2D eigenvalue weighted by Gasteiger charge is 2.19. The minimum atomic E-state index is -0.198. The fourth-order valence-corrected chi connectivity index (χ4v) is 2.17. The molecular weight excluding hydrogens is 280 g/mol. The van der Waals surface area contributed by atoms with Crippen molar-refractivity contribution in [1.82, 2.24) is 9.47 Å². The van der Waals surface area contributed by atoms with Gasteiger partial charge >= 0.3 is 0 Å². The zero-order valence-electron chi connectivity index (χ0n) is 13.2. The van der Waals surface area contributed by atoms with E-state index < -0.39 is 0 Å². The van der Waals surface area contributed by atoms with Crippen molar-refractivity contribution in [2.75, 3.05) is 14.2 Å². The molecule has 0 saturated heterocycles. The molecule has 1 atom stereocenters. The van der Waals surface area contributed by atoms with Crippen LogP contribution in [0.4, 0.5) is 0 Å². The number of pyridine rings is 1. The van der Waals surface area contributed by atoms with E-state index in [9.17, 15) is 9.59 Å². The number of hydrogen-bond acceptors (Lipinski definition) is 3. The second kappa shape index (κ2) is 6.47. The Morgan fingerprint density at radius 2 is 1.86 bits per heavy atom. The number of ether oxygens (including phenoxy) is 1. The fourth-order valence-electron chi connectivity index (χ4n) is 2.17. The van der Waals surface area contributed by atoms with Gasteiger partial charge in [-0.25, -0.2) is 0 Å². The molecule has 116 valence electrons. The first-order valence-electron chi connectivity index (χ1n) is 7.02. The Kier molecular flexibility index (Phi) is 4.65. The number of methoxy groups -OCH3 is 1. The number of benzene rings is 1. The van der Waals surface area contributed by atoms with Crippen molar-refractivity contribution in [2.24, 2.45) is 7.05 Å². The Morgan fingerprint density at radius 1 is 1.23 bits per heavy atom. The summed E-state index contributed by atoms with van der Waals surface area (Å²) in [4.78, 5) is 25.8. The van der Waals surface area contributed by atoms with E-state index >= 15 is 0 Å². The van der Waals surface area contributed by atoms with Gasteiger partial charge in [-0.3, -0.25) is 9.59 Å². The van der Waals surface area contributed by atoms with Gasteiger partial charge in [0.25, 0.3) is 11.5 Å². The molecule has 0 aliphatic heterocycles. The lowest BCUT2D eigenvalue weighted by Gasteiger charge is -2.25. The summed E-state index contributed by atoms with van der Waals surface area (Å²) < 4.78 is 6.57. The van der Waals surface area contributed by atoms with Crippen LogP contribution in [0.5, 0.6) is 5.75 Å². The molecule has 0 N–H and O–H groups in total. The highest BCUT2D eigenvalue weighted by atomic mass is 16.5. The number of nitrogens with zero attached hydrogens (tertiary/aromatic N) is 2. The van der Waals surface area contributed by atoms with Gasteiger partial charge < -0.3 is 14.2 Å². The van der Waals surface area contributed by atoms with Crippen molar-refractivity contribution in [3.63, 3.8) is 0 Å². The number of aromatic nitrogens is 1. The van der Waals surface area contributed by atoms with Gasteiger partial charge in [-0.05, 0) is 30.7 Å². The molecule has 1 amide bonds. The van der Waals surface area contributed by atoms with Crippen LogP contribution in [0.15, 0.2) is 47.4 Å². The van der Waals surface area contributed by atoms with E-state index in [1.807, 2.05) is 31.2 Å². The quantitative estimate of drug-likeness (QED) is 0.870. The summed E-state index contributed by atoms with van der Waals surface area (Å²) in [5.41, 5.74) is 1.20. The van der Waals surface area contributed by atoms with E-state index in [2.05, 4.69) is 0 Å². The van der Waals surface area contributed by atoms with Crippen molar-refractivity contribution in [2.45, 2.75) is 13.0 Å². The Hall–Kier alpha value is -2.56. The van der Waals surface area contributed by atoms with Crippen molar-refractivity contribution >= 4 is 5.91 Å². The monoisotopic (exact) mass is 300 g/mol. The van der Waals surface area contributed by atoms with E-state index in [1.165, 1.54) is 10.6 Å². The smallest absolute Gasteiger partial charge is 0.254 e. The minimum Gasteiger partial charge on any atom is -0.497 e. The maximum absolute atomic E-state index is 12.5. The lowest BCUT2D eigenvalue weighted by Crippen LogP contribution is -2.31. The van der Waals surface area contributed by atoms with Gasteiger partial charge in [0.05, 0.1) is 13.2 Å². The van der Waals surface area contributed by atoms with Crippen LogP contribution in [0.3, 0.4) is 0 Å².